The van der Waals surface area contributed by atoms with E-state index in [2.05, 4.69) is 54.2 Å². The van der Waals surface area contributed by atoms with Gasteiger partial charge in [0.25, 0.3) is 0 Å². The molecule has 3 rings (SSSR count). The van der Waals surface area contributed by atoms with Crippen LogP contribution >= 0.6 is 0 Å². The third-order valence-corrected chi connectivity index (χ3v) is 4.29. The Morgan fingerprint density at radius 3 is 3.09 bits per heavy atom. The topological polar surface area (TPSA) is 24.5 Å². The fraction of sp³-hybridized carbons (Fsp3) is 0.368. The quantitative estimate of drug-likeness (QED) is 0.568. The van der Waals surface area contributed by atoms with Crippen LogP contribution in [-0.2, 0) is 4.74 Å². The number of unbranched alkanes of at least 4 members (excludes halogenated alkanes) is 2. The molecule has 116 valence electrons. The highest BCUT2D eigenvalue weighted by atomic mass is 16.5. The van der Waals surface area contributed by atoms with Gasteiger partial charge in [0.05, 0.1) is 6.26 Å². The third-order valence-electron chi connectivity index (χ3n) is 4.29. The average molecular weight is 296 g/mol. The molecule has 2 unspecified atom stereocenters. The standard InChI is InChI=1S/C19H24N2O/c1-3-5-6-12-20-19(4-2)21-13-11-15-16-8-7-14-22-18(16)10-9-17(15)21/h4,7-11,13-15,19-20H,2-3,5-6,12H2,1H3. The maximum absolute atomic E-state index is 5.58. The lowest BCUT2D eigenvalue weighted by Gasteiger charge is -2.32. The Kier molecular flexibility index (Phi) is 4.64. The van der Waals surface area contributed by atoms with Gasteiger partial charge in [-0.1, -0.05) is 44.6 Å². The first kappa shape index (κ1) is 14.9. The van der Waals surface area contributed by atoms with Crippen molar-refractivity contribution in [1.29, 1.82) is 0 Å². The molecule has 0 saturated carbocycles. The Bertz CT molecular complexity index is 580. The fourth-order valence-corrected chi connectivity index (χ4v) is 3.11. The third kappa shape index (κ3) is 2.81. The molecule has 2 aliphatic heterocycles. The summed E-state index contributed by atoms with van der Waals surface area (Å²) >= 11 is 0. The van der Waals surface area contributed by atoms with Gasteiger partial charge in [-0.25, -0.2) is 0 Å². The van der Waals surface area contributed by atoms with Gasteiger partial charge in [0.15, 0.2) is 0 Å². The molecule has 1 aliphatic carbocycles. The van der Waals surface area contributed by atoms with Gasteiger partial charge in [-0.15, -0.1) is 0 Å². The highest BCUT2D eigenvalue weighted by molar-refractivity contribution is 5.50. The predicted octanol–water partition coefficient (Wildman–Crippen LogP) is 3.98. The first-order valence-electron chi connectivity index (χ1n) is 8.13. The molecule has 1 N–H and O–H groups in total. The molecule has 0 amide bonds. The highest BCUT2D eigenvalue weighted by Crippen LogP contribution is 2.40. The summed E-state index contributed by atoms with van der Waals surface area (Å²) in [5.74, 6) is 1.23. The molecule has 0 bridgehead atoms. The van der Waals surface area contributed by atoms with Crippen molar-refractivity contribution in [3.8, 4) is 0 Å². The first-order valence-corrected chi connectivity index (χ1v) is 8.13. The van der Waals surface area contributed by atoms with Crippen LogP contribution in [0.25, 0.3) is 0 Å². The summed E-state index contributed by atoms with van der Waals surface area (Å²) in [6, 6.07) is 0. The number of nitrogens with zero attached hydrogens (tertiary/aromatic N) is 1. The van der Waals surface area contributed by atoms with Crippen LogP contribution in [0.4, 0.5) is 0 Å². The molecule has 0 aromatic carbocycles. The van der Waals surface area contributed by atoms with E-state index in [9.17, 15) is 0 Å². The van der Waals surface area contributed by atoms with Gasteiger partial charge < -0.3 is 9.64 Å². The van der Waals surface area contributed by atoms with E-state index in [0.29, 0.717) is 0 Å². The predicted molar refractivity (Wildman–Crippen MR) is 90.5 cm³/mol. The fourth-order valence-electron chi connectivity index (χ4n) is 3.11. The number of allylic oxidation sites excluding steroid dienone is 6. The summed E-state index contributed by atoms with van der Waals surface area (Å²) in [7, 11) is 0. The Hall–Kier alpha value is -2.00. The summed E-state index contributed by atoms with van der Waals surface area (Å²) in [5, 5.41) is 3.58. The maximum Gasteiger partial charge on any atom is 0.130 e. The molecular weight excluding hydrogens is 272 g/mol. The van der Waals surface area contributed by atoms with Crippen molar-refractivity contribution in [2.24, 2.45) is 5.92 Å². The van der Waals surface area contributed by atoms with Crippen molar-refractivity contribution in [3.05, 3.63) is 72.5 Å². The molecule has 0 radical (unpaired) electrons. The van der Waals surface area contributed by atoms with E-state index in [1.807, 2.05) is 12.2 Å². The summed E-state index contributed by atoms with van der Waals surface area (Å²) in [6.45, 7) is 7.23. The Morgan fingerprint density at radius 2 is 2.27 bits per heavy atom. The first-order chi connectivity index (χ1) is 10.8. The number of hydrogen-bond acceptors (Lipinski definition) is 3. The van der Waals surface area contributed by atoms with Crippen LogP contribution in [-0.4, -0.2) is 17.6 Å². The summed E-state index contributed by atoms with van der Waals surface area (Å²) in [5.41, 5.74) is 2.51. The molecule has 22 heavy (non-hydrogen) atoms. The lowest BCUT2D eigenvalue weighted by molar-refractivity contribution is 0.319. The Balaban J connectivity index is 1.71. The second-order valence-electron chi connectivity index (χ2n) is 5.76. The van der Waals surface area contributed by atoms with Crippen LogP contribution in [0.1, 0.15) is 26.2 Å². The van der Waals surface area contributed by atoms with E-state index < -0.39 is 0 Å². The molecule has 2 atom stereocenters. The molecule has 3 nitrogen and oxygen atoms in total. The lowest BCUT2D eigenvalue weighted by Crippen LogP contribution is -2.41. The lowest BCUT2D eigenvalue weighted by atomic mass is 9.90. The van der Waals surface area contributed by atoms with Gasteiger partial charge in [-0.2, -0.15) is 0 Å². The second-order valence-corrected chi connectivity index (χ2v) is 5.76. The molecule has 0 saturated heterocycles. The molecule has 0 fully saturated rings. The number of ether oxygens (including phenoxy) is 1. The monoisotopic (exact) mass is 296 g/mol. The second kappa shape index (κ2) is 6.84. The highest BCUT2D eigenvalue weighted by Gasteiger charge is 2.33. The van der Waals surface area contributed by atoms with Crippen molar-refractivity contribution < 1.29 is 4.74 Å². The smallest absolute Gasteiger partial charge is 0.130 e. The largest absolute Gasteiger partial charge is 0.465 e. The Labute approximate surface area is 133 Å². The summed E-state index contributed by atoms with van der Waals surface area (Å²) in [6.07, 6.45) is 20.2. The molecule has 0 spiro atoms. The van der Waals surface area contributed by atoms with Crippen molar-refractivity contribution in [2.45, 2.75) is 32.4 Å². The minimum Gasteiger partial charge on any atom is -0.465 e. The zero-order chi connectivity index (χ0) is 15.4. The van der Waals surface area contributed by atoms with Crippen LogP contribution in [0.15, 0.2) is 72.5 Å². The number of fused-ring (bicyclic) bond motifs is 3. The summed E-state index contributed by atoms with van der Waals surface area (Å²) in [4.78, 5) is 2.27. The van der Waals surface area contributed by atoms with Crippen LogP contribution in [0.3, 0.4) is 0 Å². The number of hydrogen-bond donors (Lipinski definition) is 1. The molecule has 2 heterocycles. The summed E-state index contributed by atoms with van der Waals surface area (Å²) < 4.78 is 5.58. The van der Waals surface area contributed by atoms with E-state index in [1.165, 1.54) is 30.5 Å². The zero-order valence-electron chi connectivity index (χ0n) is 13.2. The molecule has 0 aromatic rings. The molecule has 3 aliphatic rings. The maximum atomic E-state index is 5.58. The molecular formula is C19H24N2O. The van der Waals surface area contributed by atoms with E-state index in [-0.39, 0.29) is 12.1 Å². The van der Waals surface area contributed by atoms with Crippen molar-refractivity contribution in [3.63, 3.8) is 0 Å². The van der Waals surface area contributed by atoms with Crippen LogP contribution in [0, 0.1) is 5.92 Å². The molecule has 0 aromatic heterocycles. The van der Waals surface area contributed by atoms with Gasteiger partial charge >= 0.3 is 0 Å². The van der Waals surface area contributed by atoms with Crippen molar-refractivity contribution >= 4 is 0 Å². The minimum absolute atomic E-state index is 0.139. The average Bonchev–Trinajstić information content (AvgIpc) is 2.99. The van der Waals surface area contributed by atoms with Crippen LogP contribution < -0.4 is 5.32 Å². The normalized spacial score (nSPS) is 23.0. The van der Waals surface area contributed by atoms with E-state index in [0.717, 1.165) is 12.3 Å². The van der Waals surface area contributed by atoms with E-state index in [4.69, 9.17) is 4.74 Å². The van der Waals surface area contributed by atoms with Gasteiger partial charge in [-0.3, -0.25) is 5.32 Å². The van der Waals surface area contributed by atoms with E-state index in [1.54, 1.807) is 6.26 Å². The van der Waals surface area contributed by atoms with E-state index >= 15 is 0 Å². The van der Waals surface area contributed by atoms with Crippen molar-refractivity contribution in [2.75, 3.05) is 6.54 Å². The SMILES string of the molecule is C=CC(NCCCCC)N1C=CC2C3=CC=COC3=CC=C21. The number of rotatable bonds is 7. The minimum atomic E-state index is 0.139. The van der Waals surface area contributed by atoms with Gasteiger partial charge in [0, 0.05) is 23.4 Å². The number of nitrogens with one attached hydrogen (secondary N) is 1. The van der Waals surface area contributed by atoms with Gasteiger partial charge in [0.2, 0.25) is 0 Å². The van der Waals surface area contributed by atoms with Gasteiger partial charge in [-0.05, 0) is 31.2 Å². The van der Waals surface area contributed by atoms with Crippen molar-refractivity contribution in [1.82, 2.24) is 10.2 Å². The van der Waals surface area contributed by atoms with Gasteiger partial charge in [0.1, 0.15) is 11.9 Å². The molecule has 3 heteroatoms. The van der Waals surface area contributed by atoms with Crippen LogP contribution in [0.5, 0.6) is 0 Å². The van der Waals surface area contributed by atoms with Crippen LogP contribution in [0.2, 0.25) is 0 Å². The zero-order valence-corrected chi connectivity index (χ0v) is 13.2. The Morgan fingerprint density at radius 1 is 1.36 bits per heavy atom.